The zero-order chi connectivity index (χ0) is 20.3. The molecule has 5 fully saturated rings. The average molecular weight is 396 g/mol. The van der Waals surface area contributed by atoms with Crippen molar-refractivity contribution in [3.8, 4) is 0 Å². The smallest absolute Gasteiger partial charge is 0.335 e. The van der Waals surface area contributed by atoms with E-state index in [0.29, 0.717) is 11.8 Å². The minimum atomic E-state index is -1.03. The molecule has 28 heavy (non-hydrogen) atoms. The number of rotatable bonds is 4. The molecule has 0 amide bonds. The fraction of sp³-hybridized carbons (Fsp3) is 0.857. The van der Waals surface area contributed by atoms with Crippen molar-refractivity contribution in [2.24, 2.45) is 23.7 Å². The first kappa shape index (κ1) is 20.3. The van der Waals surface area contributed by atoms with Crippen LogP contribution in [-0.2, 0) is 28.8 Å². The molecule has 0 unspecified atom stereocenters. The average Bonchev–Trinajstić information content (AvgIpc) is 2.90. The number of ether oxygens (including phenoxy) is 3. The summed E-state index contributed by atoms with van der Waals surface area (Å²) in [7, 11) is 1.28. The topological polar surface area (TPSA) is 83.5 Å². The number of aliphatic hydroxyl groups is 1. The quantitative estimate of drug-likeness (QED) is 0.444. The molecule has 7 nitrogen and oxygen atoms in total. The van der Waals surface area contributed by atoms with E-state index in [4.69, 9.17) is 19.2 Å². The summed E-state index contributed by atoms with van der Waals surface area (Å²) in [6.07, 6.45) is 2.27. The lowest BCUT2D eigenvalue weighted by atomic mass is 9.57. The Balaban J connectivity index is 1.61. The van der Waals surface area contributed by atoms with Crippen molar-refractivity contribution in [1.82, 2.24) is 0 Å². The molecule has 0 aromatic heterocycles. The molecule has 4 aliphatic heterocycles. The van der Waals surface area contributed by atoms with Gasteiger partial charge in [0.05, 0.1) is 24.9 Å². The molecule has 1 aliphatic carbocycles. The highest BCUT2D eigenvalue weighted by atomic mass is 17.3. The van der Waals surface area contributed by atoms with E-state index in [0.717, 1.165) is 25.7 Å². The van der Waals surface area contributed by atoms with Gasteiger partial charge in [0.2, 0.25) is 5.79 Å². The number of fused-ring (bicyclic) bond motifs is 2. The third kappa shape index (κ3) is 2.94. The van der Waals surface area contributed by atoms with Crippen LogP contribution >= 0.6 is 0 Å². The lowest BCUT2D eigenvalue weighted by Crippen LogP contribution is -2.70. The summed E-state index contributed by atoms with van der Waals surface area (Å²) in [5, 5.41) is 10.5. The molecule has 0 aromatic rings. The molecule has 1 spiro atoms. The van der Waals surface area contributed by atoms with Crippen molar-refractivity contribution in [3.05, 3.63) is 12.2 Å². The van der Waals surface area contributed by atoms with Crippen molar-refractivity contribution in [2.75, 3.05) is 7.11 Å². The maximum Gasteiger partial charge on any atom is 0.335 e. The molecule has 9 atom stereocenters. The number of hydrogen-bond donors (Lipinski definition) is 1. The Kier molecular flexibility index (Phi) is 5.11. The number of esters is 1. The second-order valence-electron chi connectivity index (χ2n) is 9.21. The molecule has 1 saturated carbocycles. The minimum Gasteiger partial charge on any atom is -0.466 e. The van der Waals surface area contributed by atoms with E-state index < -0.39 is 29.8 Å². The maximum absolute atomic E-state index is 11.7. The number of aliphatic hydroxyl groups excluding tert-OH is 1. The van der Waals surface area contributed by atoms with Gasteiger partial charge >= 0.3 is 5.97 Å². The molecule has 1 N–H and O–H groups in total. The molecular formula is C21H32O7. The van der Waals surface area contributed by atoms with Crippen molar-refractivity contribution in [3.63, 3.8) is 0 Å². The molecule has 158 valence electrons. The van der Waals surface area contributed by atoms with Crippen LogP contribution in [0.15, 0.2) is 12.2 Å². The molecule has 0 aromatic carbocycles. The lowest BCUT2D eigenvalue weighted by Gasteiger charge is -2.60. The fourth-order valence-corrected chi connectivity index (χ4v) is 5.88. The molecule has 0 radical (unpaired) electrons. The van der Waals surface area contributed by atoms with E-state index >= 15 is 0 Å². The summed E-state index contributed by atoms with van der Waals surface area (Å²) >= 11 is 0. The molecule has 5 rings (SSSR count). The highest BCUT2D eigenvalue weighted by molar-refractivity contribution is 5.88. The van der Waals surface area contributed by atoms with E-state index in [1.54, 1.807) is 0 Å². The normalized spacial score (nSPS) is 48.3. The van der Waals surface area contributed by atoms with Crippen molar-refractivity contribution < 1.29 is 33.9 Å². The van der Waals surface area contributed by atoms with Crippen LogP contribution in [0.1, 0.15) is 52.9 Å². The van der Waals surface area contributed by atoms with Gasteiger partial charge < -0.3 is 19.3 Å². The third-order valence-corrected chi connectivity index (χ3v) is 7.60. The van der Waals surface area contributed by atoms with Crippen LogP contribution in [0, 0.1) is 23.7 Å². The molecule has 4 heterocycles. The zero-order valence-electron chi connectivity index (χ0n) is 17.2. The second-order valence-corrected chi connectivity index (χ2v) is 9.21. The highest BCUT2D eigenvalue weighted by Crippen LogP contribution is 2.60. The van der Waals surface area contributed by atoms with Gasteiger partial charge in [0.15, 0.2) is 11.9 Å². The number of carbonyl (C=O) groups excluding carboxylic acids is 1. The molecule has 4 saturated heterocycles. The summed E-state index contributed by atoms with van der Waals surface area (Å²) in [6, 6.07) is 0. The van der Waals surface area contributed by atoms with Crippen LogP contribution < -0.4 is 0 Å². The first-order chi connectivity index (χ1) is 13.2. The first-order valence-electron chi connectivity index (χ1n) is 10.4. The Morgan fingerprint density at radius 2 is 2.00 bits per heavy atom. The predicted octanol–water partition coefficient (Wildman–Crippen LogP) is 2.72. The highest BCUT2D eigenvalue weighted by Gasteiger charge is 2.69. The van der Waals surface area contributed by atoms with E-state index in [1.807, 2.05) is 6.92 Å². The van der Waals surface area contributed by atoms with E-state index in [9.17, 15) is 9.90 Å². The van der Waals surface area contributed by atoms with Gasteiger partial charge in [-0.2, -0.15) is 0 Å². The monoisotopic (exact) mass is 396 g/mol. The number of hydrogen-bond acceptors (Lipinski definition) is 7. The predicted molar refractivity (Wildman–Crippen MR) is 98.6 cm³/mol. The van der Waals surface area contributed by atoms with Gasteiger partial charge in [0, 0.05) is 18.8 Å². The van der Waals surface area contributed by atoms with Gasteiger partial charge in [-0.15, -0.1) is 0 Å². The zero-order valence-corrected chi connectivity index (χ0v) is 17.2. The van der Waals surface area contributed by atoms with Crippen LogP contribution in [0.2, 0.25) is 0 Å². The fourth-order valence-electron chi connectivity index (χ4n) is 5.88. The summed E-state index contributed by atoms with van der Waals surface area (Å²) in [4.78, 5) is 23.6. The van der Waals surface area contributed by atoms with Crippen molar-refractivity contribution in [2.45, 2.75) is 82.8 Å². The van der Waals surface area contributed by atoms with Gasteiger partial charge in [0.25, 0.3) is 0 Å². The van der Waals surface area contributed by atoms with Crippen LogP contribution in [0.25, 0.3) is 0 Å². The Morgan fingerprint density at radius 1 is 1.25 bits per heavy atom. The number of methoxy groups -OCH3 is 1. The van der Waals surface area contributed by atoms with Gasteiger partial charge in [0.1, 0.15) is 0 Å². The summed E-state index contributed by atoms with van der Waals surface area (Å²) in [5.41, 5.74) is -0.572. The van der Waals surface area contributed by atoms with Gasteiger partial charge in [-0.25, -0.2) is 14.6 Å². The lowest BCUT2D eigenvalue weighted by molar-refractivity contribution is -0.571. The van der Waals surface area contributed by atoms with E-state index in [2.05, 4.69) is 25.2 Å². The molecule has 5 aliphatic rings. The summed E-state index contributed by atoms with van der Waals surface area (Å²) in [5.74, 6) is -0.313. The summed E-state index contributed by atoms with van der Waals surface area (Å²) < 4.78 is 17.4. The first-order valence-corrected chi connectivity index (χ1v) is 10.4. The molecule has 7 heteroatoms. The summed E-state index contributed by atoms with van der Waals surface area (Å²) in [6.45, 7) is 9.97. The minimum absolute atomic E-state index is 0.0450. The van der Waals surface area contributed by atoms with Gasteiger partial charge in [-0.05, 0) is 43.9 Å². The molecular weight excluding hydrogens is 364 g/mol. The maximum atomic E-state index is 11.7. The second kappa shape index (κ2) is 7.06. The van der Waals surface area contributed by atoms with E-state index in [1.165, 1.54) is 7.11 Å². The Bertz CT molecular complexity index is 651. The Labute approximate surface area is 166 Å². The Morgan fingerprint density at radius 3 is 2.71 bits per heavy atom. The van der Waals surface area contributed by atoms with Gasteiger partial charge in [-0.3, -0.25) is 0 Å². The number of carbonyl (C=O) groups is 1. The van der Waals surface area contributed by atoms with Crippen molar-refractivity contribution >= 4 is 5.97 Å². The van der Waals surface area contributed by atoms with Gasteiger partial charge in [-0.1, -0.05) is 20.4 Å². The molecule has 2 bridgehead atoms. The standard InChI is InChI=1S/C21H32O7/c1-11-6-7-15-12(2)17(10-16(22)13(3)18(23)24-5)25-19-21(15)14(11)8-9-20(4,26-19)27-28-21/h11-12,14-17,19,22H,3,6-10H2,1-2,4-5H3/t11-,12-,14+,15+,16-,17-,19-,20+,21-/m1/s1. The third-order valence-electron chi connectivity index (χ3n) is 7.60. The van der Waals surface area contributed by atoms with Crippen LogP contribution in [0.5, 0.6) is 0 Å². The van der Waals surface area contributed by atoms with Crippen LogP contribution in [0.4, 0.5) is 0 Å². The van der Waals surface area contributed by atoms with Crippen LogP contribution in [-0.4, -0.2) is 48.1 Å². The van der Waals surface area contributed by atoms with Crippen molar-refractivity contribution in [1.29, 1.82) is 0 Å². The van der Waals surface area contributed by atoms with Crippen LogP contribution in [0.3, 0.4) is 0 Å². The SMILES string of the molecule is C=C(C(=O)OC)[C@H](O)C[C@H]1O[C@@H]2O[C@]3(C)CC[C@H]4[C@H](C)CC[C@@H]([C@H]1C)[C@@]24OO3. The Hall–Kier alpha value is -0.990. The largest absolute Gasteiger partial charge is 0.466 e. The van der Waals surface area contributed by atoms with E-state index in [-0.39, 0.29) is 29.9 Å².